The van der Waals surface area contributed by atoms with Crippen LogP contribution in [0.4, 0.5) is 4.39 Å². The van der Waals surface area contributed by atoms with Gasteiger partial charge >= 0.3 is 0 Å². The normalized spacial score (nSPS) is 30.3. The van der Waals surface area contributed by atoms with Crippen molar-refractivity contribution >= 4 is 9.84 Å². The summed E-state index contributed by atoms with van der Waals surface area (Å²) in [5.74, 6) is -0.716. The van der Waals surface area contributed by atoms with E-state index in [1.54, 1.807) is 19.1 Å². The summed E-state index contributed by atoms with van der Waals surface area (Å²) >= 11 is 0. The molecule has 0 aromatic heterocycles. The van der Waals surface area contributed by atoms with E-state index in [1.807, 2.05) is 0 Å². The molecule has 2 rings (SSSR count). The van der Waals surface area contributed by atoms with E-state index in [-0.39, 0.29) is 30.6 Å². The molecule has 1 saturated carbocycles. The summed E-state index contributed by atoms with van der Waals surface area (Å²) < 4.78 is 37.1. The van der Waals surface area contributed by atoms with E-state index in [2.05, 4.69) is 0 Å². The van der Waals surface area contributed by atoms with Gasteiger partial charge in [0, 0.05) is 23.6 Å². The molecule has 0 unspecified atom stereocenters. The molecule has 3 N–H and O–H groups in total. The molecule has 0 amide bonds. The Hall–Kier alpha value is -0.980. The van der Waals surface area contributed by atoms with Crippen molar-refractivity contribution in [2.45, 2.75) is 18.1 Å². The van der Waals surface area contributed by atoms with Crippen LogP contribution >= 0.6 is 0 Å². The highest BCUT2D eigenvalue weighted by molar-refractivity contribution is 7.92. The molecule has 3 atom stereocenters. The number of sulfone groups is 1. The van der Waals surface area contributed by atoms with Crippen LogP contribution in [0.2, 0.25) is 0 Å². The van der Waals surface area contributed by atoms with Gasteiger partial charge in [-0.1, -0.05) is 19.1 Å². The fourth-order valence-corrected chi connectivity index (χ4v) is 5.03. The Labute approximate surface area is 112 Å². The molecule has 0 heterocycles. The maximum Gasteiger partial charge on any atom is 0.154 e. The largest absolute Gasteiger partial charge is 0.396 e. The summed E-state index contributed by atoms with van der Waals surface area (Å²) in [6.45, 7) is 1.39. The first kappa shape index (κ1) is 14.4. The van der Waals surface area contributed by atoms with Crippen molar-refractivity contribution in [3.8, 4) is 0 Å². The van der Waals surface area contributed by atoms with Gasteiger partial charge in [0.2, 0.25) is 0 Å². The number of rotatable bonds is 5. The average Bonchev–Trinajstić information content (AvgIpc) is 3.10. The van der Waals surface area contributed by atoms with Crippen LogP contribution in [0.15, 0.2) is 24.3 Å². The number of hydrogen-bond donors (Lipinski definition) is 2. The first-order valence-corrected chi connectivity index (χ1v) is 7.92. The molecule has 1 aliphatic rings. The smallest absolute Gasteiger partial charge is 0.154 e. The molecular formula is C13H18FNO3S. The molecule has 0 bridgehead atoms. The zero-order valence-corrected chi connectivity index (χ0v) is 11.5. The summed E-state index contributed by atoms with van der Waals surface area (Å²) in [5.41, 5.74) is 5.56. The van der Waals surface area contributed by atoms with Crippen molar-refractivity contribution in [3.63, 3.8) is 0 Å². The molecule has 1 aromatic rings. The Balaban J connectivity index is 2.42. The van der Waals surface area contributed by atoms with E-state index >= 15 is 0 Å². The molecule has 1 fully saturated rings. The second-order valence-electron chi connectivity index (χ2n) is 5.00. The van der Waals surface area contributed by atoms with Crippen molar-refractivity contribution in [1.82, 2.24) is 0 Å². The molecular weight excluding hydrogens is 269 g/mol. The van der Waals surface area contributed by atoms with Crippen LogP contribution in [-0.4, -0.2) is 37.7 Å². The zero-order chi connectivity index (χ0) is 14.3. The van der Waals surface area contributed by atoms with Gasteiger partial charge in [0.1, 0.15) is 5.82 Å². The van der Waals surface area contributed by atoms with Crippen molar-refractivity contribution in [2.75, 3.05) is 18.9 Å². The molecule has 19 heavy (non-hydrogen) atoms. The third-order valence-corrected chi connectivity index (χ3v) is 6.39. The summed E-state index contributed by atoms with van der Waals surface area (Å²) in [6, 6.07) is 5.71. The van der Waals surface area contributed by atoms with E-state index in [0.717, 1.165) is 0 Å². The SMILES string of the molecule is CCS(=O)(=O)[C@H]1[C@H](c2ccc(F)cc2)[C@@]1(CN)CO. The summed E-state index contributed by atoms with van der Waals surface area (Å²) in [5, 5.41) is 8.88. The molecule has 0 spiro atoms. The van der Waals surface area contributed by atoms with E-state index in [1.165, 1.54) is 12.1 Å². The first-order chi connectivity index (χ1) is 8.93. The fourth-order valence-electron chi connectivity index (χ4n) is 2.87. The highest BCUT2D eigenvalue weighted by Gasteiger charge is 2.69. The summed E-state index contributed by atoms with van der Waals surface area (Å²) in [4.78, 5) is 0. The monoisotopic (exact) mass is 287 g/mol. The zero-order valence-electron chi connectivity index (χ0n) is 10.7. The van der Waals surface area contributed by atoms with Gasteiger partial charge < -0.3 is 10.8 Å². The van der Waals surface area contributed by atoms with Crippen LogP contribution in [0.5, 0.6) is 0 Å². The van der Waals surface area contributed by atoms with Crippen molar-refractivity contribution in [1.29, 1.82) is 0 Å². The van der Waals surface area contributed by atoms with Gasteiger partial charge in [0.05, 0.1) is 11.9 Å². The van der Waals surface area contributed by atoms with Gasteiger partial charge in [-0.25, -0.2) is 12.8 Å². The lowest BCUT2D eigenvalue weighted by Gasteiger charge is -2.11. The van der Waals surface area contributed by atoms with Crippen LogP contribution in [0.3, 0.4) is 0 Å². The molecule has 1 aromatic carbocycles. The lowest BCUT2D eigenvalue weighted by molar-refractivity contribution is 0.212. The molecule has 0 saturated heterocycles. The molecule has 106 valence electrons. The Morgan fingerprint density at radius 3 is 2.37 bits per heavy atom. The van der Waals surface area contributed by atoms with Crippen LogP contribution in [0.1, 0.15) is 18.4 Å². The minimum absolute atomic E-state index is 0.0110. The van der Waals surface area contributed by atoms with E-state index in [0.29, 0.717) is 5.56 Å². The van der Waals surface area contributed by atoms with Crippen LogP contribution in [0.25, 0.3) is 0 Å². The van der Waals surface area contributed by atoms with Crippen LogP contribution in [0, 0.1) is 11.2 Å². The number of aliphatic hydroxyl groups excluding tert-OH is 1. The lowest BCUT2D eigenvalue weighted by Crippen LogP contribution is -2.28. The number of nitrogens with two attached hydrogens (primary N) is 1. The van der Waals surface area contributed by atoms with Gasteiger partial charge in [0.25, 0.3) is 0 Å². The summed E-state index contributed by atoms with van der Waals surface area (Å²) in [7, 11) is -3.30. The highest BCUT2D eigenvalue weighted by atomic mass is 32.2. The van der Waals surface area contributed by atoms with Crippen molar-refractivity contribution < 1.29 is 17.9 Å². The number of benzene rings is 1. The van der Waals surface area contributed by atoms with Crippen LogP contribution in [-0.2, 0) is 9.84 Å². The highest BCUT2D eigenvalue weighted by Crippen LogP contribution is 2.62. The predicted molar refractivity (Wildman–Crippen MR) is 71.0 cm³/mol. The molecule has 0 aliphatic heterocycles. The average molecular weight is 287 g/mol. The fraction of sp³-hybridized carbons (Fsp3) is 0.538. The van der Waals surface area contributed by atoms with Gasteiger partial charge in [-0.15, -0.1) is 0 Å². The minimum atomic E-state index is -3.30. The quantitative estimate of drug-likeness (QED) is 0.834. The Morgan fingerprint density at radius 2 is 1.95 bits per heavy atom. The number of halogens is 1. The van der Waals surface area contributed by atoms with Gasteiger partial charge in [0.15, 0.2) is 9.84 Å². The maximum absolute atomic E-state index is 12.9. The van der Waals surface area contributed by atoms with E-state index in [9.17, 15) is 17.9 Å². The van der Waals surface area contributed by atoms with E-state index < -0.39 is 20.5 Å². The van der Waals surface area contributed by atoms with E-state index in [4.69, 9.17) is 5.73 Å². The van der Waals surface area contributed by atoms with Crippen molar-refractivity contribution in [2.24, 2.45) is 11.1 Å². The summed E-state index contributed by atoms with van der Waals surface area (Å²) in [6.07, 6.45) is 0. The minimum Gasteiger partial charge on any atom is -0.396 e. The first-order valence-electron chi connectivity index (χ1n) is 6.21. The molecule has 6 heteroatoms. The Kier molecular flexibility index (Phi) is 3.68. The van der Waals surface area contributed by atoms with Gasteiger partial charge in [-0.2, -0.15) is 0 Å². The van der Waals surface area contributed by atoms with Gasteiger partial charge in [-0.3, -0.25) is 0 Å². The topological polar surface area (TPSA) is 80.4 Å². The van der Waals surface area contributed by atoms with Crippen molar-refractivity contribution in [3.05, 3.63) is 35.6 Å². The second kappa shape index (κ2) is 4.85. The van der Waals surface area contributed by atoms with Crippen LogP contribution < -0.4 is 5.73 Å². The number of hydrogen-bond acceptors (Lipinski definition) is 4. The maximum atomic E-state index is 12.9. The Morgan fingerprint density at radius 1 is 1.37 bits per heavy atom. The molecule has 1 aliphatic carbocycles. The Bertz CT molecular complexity index is 552. The molecule has 4 nitrogen and oxygen atoms in total. The van der Waals surface area contributed by atoms with Gasteiger partial charge in [-0.05, 0) is 17.7 Å². The predicted octanol–water partition coefficient (Wildman–Crippen LogP) is 0.664. The standard InChI is InChI=1S/C13H18FNO3S/c1-2-19(17,18)12-11(13(12,7-15)8-16)9-3-5-10(14)6-4-9/h3-6,11-12,16H,2,7-8,15H2,1H3/t11-,12-,13+/m0/s1. The number of aliphatic hydroxyl groups is 1. The third-order valence-electron chi connectivity index (χ3n) is 4.07. The lowest BCUT2D eigenvalue weighted by atomic mass is 10.0. The third kappa shape index (κ3) is 2.17. The second-order valence-corrected chi connectivity index (χ2v) is 7.41. The molecule has 0 radical (unpaired) electrons.